The molecule has 0 saturated carbocycles. The Hall–Kier alpha value is -1.97. The number of methoxy groups -OCH3 is 1. The minimum absolute atomic E-state index is 0.392. The van der Waals surface area contributed by atoms with Crippen molar-refractivity contribution in [2.24, 2.45) is 0 Å². The van der Waals surface area contributed by atoms with Crippen LogP contribution in [-0.4, -0.2) is 23.1 Å². The molecule has 1 N–H and O–H groups in total. The van der Waals surface area contributed by atoms with Crippen molar-refractivity contribution in [1.82, 2.24) is 9.97 Å². The molecule has 2 aromatic rings. The highest BCUT2D eigenvalue weighted by atomic mass is 16.5. The first-order valence-corrected chi connectivity index (χ1v) is 6.51. The zero-order valence-electron chi connectivity index (χ0n) is 12.0. The van der Waals surface area contributed by atoms with Crippen LogP contribution in [0.15, 0.2) is 30.6 Å². The SMILES string of the molecule is COc1cccc(N(Cc2nc[nH]c2C)C(C)C)c1. The Morgan fingerprint density at radius 3 is 2.74 bits per heavy atom. The predicted molar refractivity (Wildman–Crippen MR) is 77.6 cm³/mol. The maximum atomic E-state index is 5.30. The van der Waals surface area contributed by atoms with E-state index in [0.29, 0.717) is 6.04 Å². The van der Waals surface area contributed by atoms with Crippen molar-refractivity contribution in [3.8, 4) is 5.75 Å². The van der Waals surface area contributed by atoms with Gasteiger partial charge in [0.2, 0.25) is 0 Å². The molecule has 0 aliphatic rings. The standard InChI is InChI=1S/C15H21N3O/c1-11(2)18(9-15-12(3)16-10-17-15)13-6-5-7-14(8-13)19-4/h5-8,10-11H,9H2,1-4H3,(H,16,17). The molecule has 0 saturated heterocycles. The number of H-pyrrole nitrogens is 1. The second-order valence-electron chi connectivity index (χ2n) is 4.90. The van der Waals surface area contributed by atoms with Crippen molar-refractivity contribution in [2.75, 3.05) is 12.0 Å². The van der Waals surface area contributed by atoms with E-state index in [2.05, 4.69) is 40.8 Å². The van der Waals surface area contributed by atoms with Crippen LogP contribution < -0.4 is 9.64 Å². The van der Waals surface area contributed by atoms with Gasteiger partial charge in [0.1, 0.15) is 5.75 Å². The number of rotatable bonds is 5. The van der Waals surface area contributed by atoms with Gasteiger partial charge < -0.3 is 14.6 Å². The van der Waals surface area contributed by atoms with Gasteiger partial charge in [-0.3, -0.25) is 0 Å². The minimum atomic E-state index is 0.392. The number of aryl methyl sites for hydroxylation is 1. The fourth-order valence-corrected chi connectivity index (χ4v) is 2.07. The Bertz CT molecular complexity index is 534. The largest absolute Gasteiger partial charge is 0.497 e. The number of aromatic nitrogens is 2. The molecule has 1 aromatic carbocycles. The van der Waals surface area contributed by atoms with E-state index in [0.717, 1.165) is 29.4 Å². The molecule has 19 heavy (non-hydrogen) atoms. The van der Waals surface area contributed by atoms with Crippen LogP contribution in [0.3, 0.4) is 0 Å². The molecular formula is C15H21N3O. The van der Waals surface area contributed by atoms with Crippen molar-refractivity contribution in [2.45, 2.75) is 33.4 Å². The molecule has 1 aromatic heterocycles. The number of nitrogens with one attached hydrogen (secondary N) is 1. The second kappa shape index (κ2) is 5.78. The number of ether oxygens (including phenoxy) is 1. The number of hydrogen-bond acceptors (Lipinski definition) is 3. The lowest BCUT2D eigenvalue weighted by molar-refractivity contribution is 0.414. The molecule has 0 aliphatic carbocycles. The predicted octanol–water partition coefficient (Wildman–Crippen LogP) is 3.14. The molecule has 2 rings (SSSR count). The van der Waals surface area contributed by atoms with Gasteiger partial charge in [-0.25, -0.2) is 4.98 Å². The molecule has 0 unspecified atom stereocenters. The van der Waals surface area contributed by atoms with Gasteiger partial charge in [-0.2, -0.15) is 0 Å². The summed E-state index contributed by atoms with van der Waals surface area (Å²) in [5, 5.41) is 0. The van der Waals surface area contributed by atoms with Gasteiger partial charge in [0.15, 0.2) is 0 Å². The Labute approximate surface area is 114 Å². The minimum Gasteiger partial charge on any atom is -0.497 e. The Balaban J connectivity index is 2.27. The van der Waals surface area contributed by atoms with E-state index in [-0.39, 0.29) is 0 Å². The van der Waals surface area contributed by atoms with E-state index in [1.54, 1.807) is 13.4 Å². The summed E-state index contributed by atoms with van der Waals surface area (Å²) >= 11 is 0. The normalized spacial score (nSPS) is 10.8. The molecule has 0 amide bonds. The van der Waals surface area contributed by atoms with Gasteiger partial charge in [0.05, 0.1) is 25.7 Å². The summed E-state index contributed by atoms with van der Waals surface area (Å²) in [5.41, 5.74) is 3.35. The molecule has 102 valence electrons. The first-order valence-electron chi connectivity index (χ1n) is 6.51. The van der Waals surface area contributed by atoms with Gasteiger partial charge in [0.25, 0.3) is 0 Å². The van der Waals surface area contributed by atoms with E-state index in [1.807, 2.05) is 19.1 Å². The average molecular weight is 259 g/mol. The summed E-state index contributed by atoms with van der Waals surface area (Å²) in [6, 6.07) is 8.53. The van der Waals surface area contributed by atoms with Gasteiger partial charge >= 0.3 is 0 Å². The zero-order valence-corrected chi connectivity index (χ0v) is 12.0. The third kappa shape index (κ3) is 3.08. The summed E-state index contributed by atoms with van der Waals surface area (Å²) in [7, 11) is 1.69. The van der Waals surface area contributed by atoms with Crippen LogP contribution in [0.2, 0.25) is 0 Å². The lowest BCUT2D eigenvalue weighted by atomic mass is 10.2. The van der Waals surface area contributed by atoms with E-state index in [1.165, 1.54) is 0 Å². The van der Waals surface area contributed by atoms with E-state index in [4.69, 9.17) is 4.74 Å². The molecule has 4 heteroatoms. The third-order valence-corrected chi connectivity index (χ3v) is 3.26. The van der Waals surface area contributed by atoms with Crippen LogP contribution in [0.5, 0.6) is 5.75 Å². The van der Waals surface area contributed by atoms with E-state index < -0.39 is 0 Å². The number of aromatic amines is 1. The Kier molecular flexibility index (Phi) is 4.10. The van der Waals surface area contributed by atoms with Crippen LogP contribution in [0, 0.1) is 6.92 Å². The monoisotopic (exact) mass is 259 g/mol. The van der Waals surface area contributed by atoms with Crippen molar-refractivity contribution in [3.63, 3.8) is 0 Å². The highest BCUT2D eigenvalue weighted by Gasteiger charge is 2.14. The molecular weight excluding hydrogens is 238 g/mol. The summed E-state index contributed by atoms with van der Waals surface area (Å²) in [4.78, 5) is 9.81. The zero-order chi connectivity index (χ0) is 13.8. The van der Waals surface area contributed by atoms with Crippen molar-refractivity contribution in [3.05, 3.63) is 42.0 Å². The van der Waals surface area contributed by atoms with Crippen LogP contribution >= 0.6 is 0 Å². The molecule has 0 atom stereocenters. The van der Waals surface area contributed by atoms with Crippen LogP contribution in [0.4, 0.5) is 5.69 Å². The maximum absolute atomic E-state index is 5.30. The van der Waals surface area contributed by atoms with E-state index >= 15 is 0 Å². The highest BCUT2D eigenvalue weighted by Crippen LogP contribution is 2.24. The van der Waals surface area contributed by atoms with Crippen molar-refractivity contribution < 1.29 is 4.74 Å². The molecule has 0 aliphatic heterocycles. The second-order valence-corrected chi connectivity index (χ2v) is 4.90. The van der Waals surface area contributed by atoms with Gasteiger partial charge in [0, 0.05) is 23.5 Å². The first-order chi connectivity index (χ1) is 9.11. The topological polar surface area (TPSA) is 41.1 Å². The lowest BCUT2D eigenvalue weighted by Gasteiger charge is -2.28. The molecule has 0 radical (unpaired) electrons. The fourth-order valence-electron chi connectivity index (χ4n) is 2.07. The third-order valence-electron chi connectivity index (χ3n) is 3.26. The van der Waals surface area contributed by atoms with Crippen molar-refractivity contribution >= 4 is 5.69 Å². The van der Waals surface area contributed by atoms with E-state index in [9.17, 15) is 0 Å². The summed E-state index contributed by atoms with van der Waals surface area (Å²) in [6.45, 7) is 7.20. The lowest BCUT2D eigenvalue weighted by Crippen LogP contribution is -2.30. The smallest absolute Gasteiger partial charge is 0.120 e. The van der Waals surface area contributed by atoms with Crippen LogP contribution in [0.1, 0.15) is 25.2 Å². The number of anilines is 1. The number of imidazole rings is 1. The fraction of sp³-hybridized carbons (Fsp3) is 0.400. The molecule has 4 nitrogen and oxygen atoms in total. The Morgan fingerprint density at radius 2 is 2.16 bits per heavy atom. The quantitative estimate of drug-likeness (QED) is 0.896. The molecule has 0 fully saturated rings. The summed E-state index contributed by atoms with van der Waals surface area (Å²) in [6.07, 6.45) is 1.74. The van der Waals surface area contributed by atoms with Crippen LogP contribution in [0.25, 0.3) is 0 Å². The highest BCUT2D eigenvalue weighted by molar-refractivity contribution is 5.51. The average Bonchev–Trinajstić information content (AvgIpc) is 2.81. The van der Waals surface area contributed by atoms with Crippen LogP contribution in [-0.2, 0) is 6.54 Å². The number of nitrogens with zero attached hydrogens (tertiary/aromatic N) is 2. The number of benzene rings is 1. The molecule has 1 heterocycles. The van der Waals surface area contributed by atoms with Gasteiger partial charge in [-0.05, 0) is 32.9 Å². The Morgan fingerprint density at radius 1 is 1.37 bits per heavy atom. The molecule has 0 bridgehead atoms. The molecule has 0 spiro atoms. The number of hydrogen-bond donors (Lipinski definition) is 1. The first kappa shape index (κ1) is 13.5. The summed E-state index contributed by atoms with van der Waals surface area (Å²) < 4.78 is 5.30. The van der Waals surface area contributed by atoms with Gasteiger partial charge in [-0.1, -0.05) is 6.07 Å². The van der Waals surface area contributed by atoms with Crippen molar-refractivity contribution in [1.29, 1.82) is 0 Å². The summed E-state index contributed by atoms with van der Waals surface area (Å²) in [5.74, 6) is 0.877. The maximum Gasteiger partial charge on any atom is 0.120 e. The van der Waals surface area contributed by atoms with Gasteiger partial charge in [-0.15, -0.1) is 0 Å².